The highest BCUT2D eigenvalue weighted by molar-refractivity contribution is 5.39. The van der Waals surface area contributed by atoms with Crippen LogP contribution in [0, 0.1) is 0 Å². The van der Waals surface area contributed by atoms with E-state index in [-0.39, 0.29) is 0 Å². The number of methoxy groups -OCH3 is 1. The van der Waals surface area contributed by atoms with Crippen LogP contribution in [0.1, 0.15) is 5.56 Å². The summed E-state index contributed by atoms with van der Waals surface area (Å²) in [7, 11) is 5.77. The van der Waals surface area contributed by atoms with Crippen LogP contribution < -0.4 is 15.4 Å². The van der Waals surface area contributed by atoms with E-state index in [0.717, 1.165) is 37.6 Å². The van der Waals surface area contributed by atoms with E-state index in [1.165, 1.54) is 5.56 Å². The fraction of sp³-hybridized carbons (Fsp3) is 0.412. The first-order valence-electron chi connectivity index (χ1n) is 7.76. The monoisotopic (exact) mass is 315 g/mol. The lowest BCUT2D eigenvalue weighted by molar-refractivity contribution is 0.414. The van der Waals surface area contributed by atoms with Crippen LogP contribution in [0.15, 0.2) is 36.5 Å². The maximum absolute atomic E-state index is 5.24. The van der Waals surface area contributed by atoms with Crippen molar-refractivity contribution in [2.45, 2.75) is 6.42 Å². The number of nitrogens with one attached hydrogen (secondary N) is 2. The SMILES string of the molecule is COc1cccc(CCNc2ccnc(NCCN(C)C)n2)c1. The van der Waals surface area contributed by atoms with E-state index in [1.807, 2.05) is 32.3 Å². The Bertz CT molecular complexity index is 603. The molecule has 2 N–H and O–H groups in total. The molecule has 0 radical (unpaired) electrons. The molecule has 0 spiro atoms. The smallest absolute Gasteiger partial charge is 0.224 e. The molecule has 0 aliphatic carbocycles. The highest BCUT2D eigenvalue weighted by Gasteiger charge is 2.00. The average molecular weight is 315 g/mol. The zero-order valence-electron chi connectivity index (χ0n) is 14.0. The van der Waals surface area contributed by atoms with Gasteiger partial charge in [-0.2, -0.15) is 4.98 Å². The van der Waals surface area contributed by atoms with Crippen LogP contribution in [0.5, 0.6) is 5.75 Å². The van der Waals surface area contributed by atoms with E-state index in [1.54, 1.807) is 13.3 Å². The molecule has 0 aliphatic rings. The Kier molecular flexibility index (Phi) is 6.62. The minimum Gasteiger partial charge on any atom is -0.497 e. The minimum absolute atomic E-state index is 0.651. The van der Waals surface area contributed by atoms with E-state index in [0.29, 0.717) is 5.95 Å². The summed E-state index contributed by atoms with van der Waals surface area (Å²) in [6.45, 7) is 2.57. The highest BCUT2D eigenvalue weighted by atomic mass is 16.5. The van der Waals surface area contributed by atoms with E-state index >= 15 is 0 Å². The number of rotatable bonds is 9. The summed E-state index contributed by atoms with van der Waals surface area (Å²) in [4.78, 5) is 10.8. The first kappa shape index (κ1) is 17.0. The Morgan fingerprint density at radius 3 is 2.78 bits per heavy atom. The van der Waals surface area contributed by atoms with Gasteiger partial charge in [0.05, 0.1) is 7.11 Å². The Hall–Kier alpha value is -2.34. The number of hydrogen-bond donors (Lipinski definition) is 2. The van der Waals surface area contributed by atoms with E-state index < -0.39 is 0 Å². The molecule has 0 bridgehead atoms. The minimum atomic E-state index is 0.651. The van der Waals surface area contributed by atoms with Crippen molar-refractivity contribution in [3.8, 4) is 5.75 Å². The molecule has 0 unspecified atom stereocenters. The molecule has 0 saturated heterocycles. The molecule has 2 aromatic rings. The van der Waals surface area contributed by atoms with E-state index in [4.69, 9.17) is 4.74 Å². The van der Waals surface area contributed by atoms with Gasteiger partial charge < -0.3 is 20.3 Å². The molecular weight excluding hydrogens is 290 g/mol. The largest absolute Gasteiger partial charge is 0.497 e. The fourth-order valence-corrected chi connectivity index (χ4v) is 2.10. The topological polar surface area (TPSA) is 62.3 Å². The molecule has 0 aliphatic heterocycles. The van der Waals surface area contributed by atoms with Gasteiger partial charge in [0.2, 0.25) is 5.95 Å². The Morgan fingerprint density at radius 1 is 1.13 bits per heavy atom. The average Bonchev–Trinajstić information content (AvgIpc) is 2.55. The quantitative estimate of drug-likeness (QED) is 0.739. The van der Waals surface area contributed by atoms with E-state index in [9.17, 15) is 0 Å². The number of ether oxygens (including phenoxy) is 1. The predicted octanol–water partition coefficient (Wildman–Crippen LogP) is 2.11. The number of hydrogen-bond acceptors (Lipinski definition) is 6. The number of likely N-dealkylation sites (N-methyl/N-ethyl adjacent to an activating group) is 1. The van der Waals surface area contributed by atoms with Gasteiger partial charge in [-0.05, 0) is 44.3 Å². The molecule has 1 aromatic heterocycles. The maximum Gasteiger partial charge on any atom is 0.224 e. The lowest BCUT2D eigenvalue weighted by atomic mass is 10.1. The molecule has 124 valence electrons. The van der Waals surface area contributed by atoms with Gasteiger partial charge in [-0.1, -0.05) is 12.1 Å². The lowest BCUT2D eigenvalue weighted by Gasteiger charge is -2.11. The molecule has 1 heterocycles. The summed E-state index contributed by atoms with van der Waals surface area (Å²) < 4.78 is 5.24. The normalized spacial score (nSPS) is 10.6. The fourth-order valence-electron chi connectivity index (χ4n) is 2.10. The van der Waals surface area contributed by atoms with Gasteiger partial charge in [-0.3, -0.25) is 0 Å². The third-order valence-electron chi connectivity index (χ3n) is 3.35. The van der Waals surface area contributed by atoms with Crippen LogP contribution in [0.3, 0.4) is 0 Å². The summed E-state index contributed by atoms with van der Waals surface area (Å²) in [6, 6.07) is 9.98. The Labute approximate surface area is 137 Å². The van der Waals surface area contributed by atoms with Crippen molar-refractivity contribution in [1.82, 2.24) is 14.9 Å². The first-order valence-corrected chi connectivity index (χ1v) is 7.76. The standard InChI is InChI=1S/C17H25N5O/c1-22(2)12-11-20-17-19-10-8-16(21-17)18-9-7-14-5-4-6-15(13-14)23-3/h4-6,8,10,13H,7,9,11-12H2,1-3H3,(H2,18,19,20,21). The summed E-state index contributed by atoms with van der Waals surface area (Å²) in [5, 5.41) is 6.55. The van der Waals surface area contributed by atoms with Gasteiger partial charge >= 0.3 is 0 Å². The predicted molar refractivity (Wildman–Crippen MR) is 94.3 cm³/mol. The molecule has 2 rings (SSSR count). The first-order chi connectivity index (χ1) is 11.2. The van der Waals surface area contributed by atoms with Crippen molar-refractivity contribution in [3.05, 3.63) is 42.1 Å². The van der Waals surface area contributed by atoms with Crippen LogP contribution in [-0.4, -0.2) is 55.7 Å². The summed E-state index contributed by atoms with van der Waals surface area (Å²) in [5.41, 5.74) is 1.23. The second kappa shape index (κ2) is 8.95. The van der Waals surface area contributed by atoms with Crippen molar-refractivity contribution < 1.29 is 4.74 Å². The highest BCUT2D eigenvalue weighted by Crippen LogP contribution is 2.13. The van der Waals surface area contributed by atoms with Crippen LogP contribution >= 0.6 is 0 Å². The number of aromatic nitrogens is 2. The van der Waals surface area contributed by atoms with Crippen LogP contribution in [-0.2, 0) is 6.42 Å². The lowest BCUT2D eigenvalue weighted by Crippen LogP contribution is -2.21. The molecule has 1 aromatic carbocycles. The molecule has 0 saturated carbocycles. The molecule has 23 heavy (non-hydrogen) atoms. The van der Waals surface area contributed by atoms with Crippen molar-refractivity contribution in [1.29, 1.82) is 0 Å². The van der Waals surface area contributed by atoms with Crippen LogP contribution in [0.25, 0.3) is 0 Å². The van der Waals surface area contributed by atoms with Crippen LogP contribution in [0.2, 0.25) is 0 Å². The van der Waals surface area contributed by atoms with Crippen molar-refractivity contribution in [2.24, 2.45) is 0 Å². The van der Waals surface area contributed by atoms with Gasteiger partial charge in [-0.25, -0.2) is 4.98 Å². The van der Waals surface area contributed by atoms with Gasteiger partial charge in [0.1, 0.15) is 11.6 Å². The van der Waals surface area contributed by atoms with Crippen molar-refractivity contribution in [2.75, 3.05) is 51.5 Å². The summed E-state index contributed by atoms with van der Waals surface area (Å²) >= 11 is 0. The van der Waals surface area contributed by atoms with Crippen molar-refractivity contribution >= 4 is 11.8 Å². The third kappa shape index (κ3) is 6.12. The number of anilines is 2. The summed E-state index contributed by atoms with van der Waals surface area (Å²) in [5.74, 6) is 2.37. The second-order valence-corrected chi connectivity index (χ2v) is 5.52. The van der Waals surface area contributed by atoms with Crippen LogP contribution in [0.4, 0.5) is 11.8 Å². The van der Waals surface area contributed by atoms with Gasteiger partial charge in [0.15, 0.2) is 0 Å². The molecule has 0 amide bonds. The zero-order valence-corrected chi connectivity index (χ0v) is 14.0. The Morgan fingerprint density at radius 2 is 2.00 bits per heavy atom. The van der Waals surface area contributed by atoms with Gasteiger partial charge in [0, 0.05) is 25.8 Å². The number of benzene rings is 1. The van der Waals surface area contributed by atoms with E-state index in [2.05, 4.69) is 37.6 Å². The molecule has 0 atom stereocenters. The Balaban J connectivity index is 1.81. The second-order valence-electron chi connectivity index (χ2n) is 5.52. The maximum atomic E-state index is 5.24. The van der Waals surface area contributed by atoms with Crippen molar-refractivity contribution in [3.63, 3.8) is 0 Å². The number of nitrogens with zero attached hydrogens (tertiary/aromatic N) is 3. The molecule has 6 nitrogen and oxygen atoms in total. The third-order valence-corrected chi connectivity index (χ3v) is 3.35. The molecular formula is C17H25N5O. The molecule has 6 heteroatoms. The van der Waals surface area contributed by atoms with Gasteiger partial charge in [0.25, 0.3) is 0 Å². The molecule has 0 fully saturated rings. The zero-order chi connectivity index (χ0) is 16.5. The van der Waals surface area contributed by atoms with Gasteiger partial charge in [-0.15, -0.1) is 0 Å². The summed E-state index contributed by atoms with van der Waals surface area (Å²) in [6.07, 6.45) is 2.67.